The van der Waals surface area contributed by atoms with E-state index in [9.17, 15) is 0 Å². The summed E-state index contributed by atoms with van der Waals surface area (Å²) in [5, 5.41) is 11.4. The van der Waals surface area contributed by atoms with Gasteiger partial charge in [0, 0.05) is 6.54 Å². The SMILES string of the molecule is c1cnn(CCOC[C@H]2CCCNC2)n1. The van der Waals surface area contributed by atoms with Crippen molar-refractivity contribution in [1.29, 1.82) is 0 Å². The number of hydrogen-bond acceptors (Lipinski definition) is 4. The summed E-state index contributed by atoms with van der Waals surface area (Å²) in [6.45, 7) is 4.56. The van der Waals surface area contributed by atoms with Crippen LogP contribution in [0, 0.1) is 5.92 Å². The number of hydrogen-bond donors (Lipinski definition) is 1. The van der Waals surface area contributed by atoms with Gasteiger partial charge in [0.15, 0.2) is 0 Å². The fraction of sp³-hybridized carbons (Fsp3) is 0.800. The van der Waals surface area contributed by atoms with E-state index in [4.69, 9.17) is 4.74 Å². The molecule has 5 nitrogen and oxygen atoms in total. The van der Waals surface area contributed by atoms with Crippen LogP contribution in [0.5, 0.6) is 0 Å². The van der Waals surface area contributed by atoms with Crippen molar-refractivity contribution in [2.45, 2.75) is 19.4 Å². The number of ether oxygens (including phenoxy) is 1. The van der Waals surface area contributed by atoms with E-state index in [-0.39, 0.29) is 0 Å². The summed E-state index contributed by atoms with van der Waals surface area (Å²) < 4.78 is 5.61. The maximum Gasteiger partial charge on any atom is 0.0841 e. The molecule has 84 valence electrons. The molecule has 0 aliphatic carbocycles. The zero-order valence-electron chi connectivity index (χ0n) is 8.93. The quantitative estimate of drug-likeness (QED) is 0.710. The molecular formula is C10H18N4O. The van der Waals surface area contributed by atoms with Crippen molar-refractivity contribution in [2.24, 2.45) is 5.92 Å². The van der Waals surface area contributed by atoms with Crippen LogP contribution in [0.2, 0.25) is 0 Å². The molecule has 0 saturated carbocycles. The summed E-state index contributed by atoms with van der Waals surface area (Å²) in [6, 6.07) is 0. The predicted molar refractivity (Wildman–Crippen MR) is 56.4 cm³/mol. The highest BCUT2D eigenvalue weighted by Gasteiger charge is 2.12. The molecule has 1 atom stereocenters. The molecule has 0 unspecified atom stereocenters. The van der Waals surface area contributed by atoms with Gasteiger partial charge in [-0.2, -0.15) is 15.0 Å². The third-order valence-corrected chi connectivity index (χ3v) is 2.65. The second-order valence-corrected chi connectivity index (χ2v) is 3.91. The Kier molecular flexibility index (Phi) is 4.11. The van der Waals surface area contributed by atoms with Crippen molar-refractivity contribution in [3.8, 4) is 0 Å². The summed E-state index contributed by atoms with van der Waals surface area (Å²) in [5.41, 5.74) is 0. The second-order valence-electron chi connectivity index (χ2n) is 3.91. The Hall–Kier alpha value is -0.940. The molecule has 0 spiro atoms. The van der Waals surface area contributed by atoms with E-state index in [0.717, 1.165) is 26.2 Å². The van der Waals surface area contributed by atoms with Crippen LogP contribution in [-0.2, 0) is 11.3 Å². The second kappa shape index (κ2) is 5.82. The van der Waals surface area contributed by atoms with Crippen LogP contribution in [0.25, 0.3) is 0 Å². The van der Waals surface area contributed by atoms with Crippen molar-refractivity contribution >= 4 is 0 Å². The van der Waals surface area contributed by atoms with Gasteiger partial charge in [0.2, 0.25) is 0 Å². The molecule has 15 heavy (non-hydrogen) atoms. The van der Waals surface area contributed by atoms with E-state index in [1.54, 1.807) is 17.2 Å². The van der Waals surface area contributed by atoms with Gasteiger partial charge in [0.1, 0.15) is 0 Å². The number of nitrogens with zero attached hydrogens (tertiary/aromatic N) is 3. The van der Waals surface area contributed by atoms with E-state index in [1.165, 1.54) is 12.8 Å². The standard InChI is InChI=1S/C10H18N4O/c1-2-10(8-11-3-1)9-15-7-6-14-12-4-5-13-14/h4-5,10-11H,1-3,6-9H2/t10-/m0/s1. The fourth-order valence-electron chi connectivity index (χ4n) is 1.82. The third-order valence-electron chi connectivity index (χ3n) is 2.65. The van der Waals surface area contributed by atoms with Crippen LogP contribution in [-0.4, -0.2) is 41.3 Å². The van der Waals surface area contributed by atoms with Crippen molar-refractivity contribution < 1.29 is 4.74 Å². The average Bonchev–Trinajstić information content (AvgIpc) is 2.79. The molecule has 2 rings (SSSR count). The molecule has 1 aliphatic heterocycles. The molecule has 5 heteroatoms. The summed E-state index contributed by atoms with van der Waals surface area (Å²) in [7, 11) is 0. The van der Waals surface area contributed by atoms with Gasteiger partial charge in [0.25, 0.3) is 0 Å². The minimum absolute atomic E-state index is 0.685. The Balaban J connectivity index is 1.54. The van der Waals surface area contributed by atoms with Gasteiger partial charge in [-0.3, -0.25) is 0 Å². The Morgan fingerprint density at radius 2 is 2.27 bits per heavy atom. The highest BCUT2D eigenvalue weighted by atomic mass is 16.5. The smallest absolute Gasteiger partial charge is 0.0841 e. The van der Waals surface area contributed by atoms with E-state index >= 15 is 0 Å². The summed E-state index contributed by atoms with van der Waals surface area (Å²) in [6.07, 6.45) is 5.93. The lowest BCUT2D eigenvalue weighted by Crippen LogP contribution is -2.32. The number of piperidine rings is 1. The van der Waals surface area contributed by atoms with Crippen LogP contribution >= 0.6 is 0 Å². The molecule has 1 aliphatic rings. The molecule has 1 saturated heterocycles. The summed E-state index contributed by atoms with van der Waals surface area (Å²) in [5.74, 6) is 0.685. The zero-order chi connectivity index (χ0) is 10.3. The highest BCUT2D eigenvalue weighted by molar-refractivity contribution is 4.68. The minimum atomic E-state index is 0.685. The van der Waals surface area contributed by atoms with E-state index in [2.05, 4.69) is 15.5 Å². The first-order chi connectivity index (χ1) is 7.45. The Morgan fingerprint density at radius 1 is 1.40 bits per heavy atom. The van der Waals surface area contributed by atoms with Gasteiger partial charge in [-0.15, -0.1) is 0 Å². The molecule has 0 radical (unpaired) electrons. The van der Waals surface area contributed by atoms with Crippen LogP contribution in [0.15, 0.2) is 12.4 Å². The van der Waals surface area contributed by atoms with Crippen molar-refractivity contribution in [1.82, 2.24) is 20.3 Å². The van der Waals surface area contributed by atoms with Gasteiger partial charge < -0.3 is 10.1 Å². The van der Waals surface area contributed by atoms with Crippen LogP contribution in [0.4, 0.5) is 0 Å². The van der Waals surface area contributed by atoms with Crippen LogP contribution in [0.1, 0.15) is 12.8 Å². The molecule has 0 amide bonds. The number of nitrogens with one attached hydrogen (secondary N) is 1. The number of rotatable bonds is 5. The molecule has 1 N–H and O–H groups in total. The van der Waals surface area contributed by atoms with Crippen molar-refractivity contribution in [3.63, 3.8) is 0 Å². The first-order valence-corrected chi connectivity index (χ1v) is 5.58. The minimum Gasteiger partial charge on any atom is -0.379 e. The Labute approximate surface area is 89.8 Å². The lowest BCUT2D eigenvalue weighted by molar-refractivity contribution is 0.0804. The third kappa shape index (κ3) is 3.60. The molecule has 1 aromatic rings. The molecular weight excluding hydrogens is 192 g/mol. The monoisotopic (exact) mass is 210 g/mol. The van der Waals surface area contributed by atoms with Crippen molar-refractivity contribution in [3.05, 3.63) is 12.4 Å². The predicted octanol–water partition coefficient (Wildman–Crippen LogP) is 0.294. The summed E-state index contributed by atoms with van der Waals surface area (Å²) >= 11 is 0. The number of aromatic nitrogens is 3. The first kappa shape index (κ1) is 10.6. The van der Waals surface area contributed by atoms with E-state index in [0.29, 0.717) is 12.5 Å². The van der Waals surface area contributed by atoms with Gasteiger partial charge in [0.05, 0.1) is 32.2 Å². The van der Waals surface area contributed by atoms with Gasteiger partial charge in [-0.25, -0.2) is 0 Å². The fourth-order valence-corrected chi connectivity index (χ4v) is 1.82. The molecule has 2 heterocycles. The van der Waals surface area contributed by atoms with Gasteiger partial charge in [-0.05, 0) is 25.3 Å². The normalized spacial score (nSPS) is 21.7. The average molecular weight is 210 g/mol. The molecule has 1 fully saturated rings. The topological polar surface area (TPSA) is 52.0 Å². The molecule has 0 aromatic carbocycles. The maximum atomic E-state index is 5.61. The summed E-state index contributed by atoms with van der Waals surface area (Å²) in [4.78, 5) is 1.65. The lowest BCUT2D eigenvalue weighted by atomic mass is 10.0. The highest BCUT2D eigenvalue weighted by Crippen LogP contribution is 2.09. The van der Waals surface area contributed by atoms with Crippen molar-refractivity contribution in [2.75, 3.05) is 26.3 Å². The Morgan fingerprint density at radius 3 is 3.00 bits per heavy atom. The van der Waals surface area contributed by atoms with Crippen LogP contribution in [0.3, 0.4) is 0 Å². The van der Waals surface area contributed by atoms with Crippen LogP contribution < -0.4 is 5.32 Å². The van der Waals surface area contributed by atoms with E-state index in [1.807, 2.05) is 0 Å². The van der Waals surface area contributed by atoms with Gasteiger partial charge in [-0.1, -0.05) is 0 Å². The largest absolute Gasteiger partial charge is 0.379 e. The Bertz CT molecular complexity index is 256. The molecule has 1 aromatic heterocycles. The van der Waals surface area contributed by atoms with Gasteiger partial charge >= 0.3 is 0 Å². The maximum absolute atomic E-state index is 5.61. The first-order valence-electron chi connectivity index (χ1n) is 5.58. The lowest BCUT2D eigenvalue weighted by Gasteiger charge is -2.22. The zero-order valence-corrected chi connectivity index (χ0v) is 8.93. The molecule has 0 bridgehead atoms. The van der Waals surface area contributed by atoms with E-state index < -0.39 is 0 Å².